The number of nitrogens with zero attached hydrogens (tertiary/aromatic N) is 2. The summed E-state index contributed by atoms with van der Waals surface area (Å²) in [6.07, 6.45) is 8.54. The molecule has 0 radical (unpaired) electrons. The van der Waals surface area contributed by atoms with Gasteiger partial charge in [-0.25, -0.2) is 4.68 Å². The monoisotopic (exact) mass is 269 g/mol. The fourth-order valence-electron chi connectivity index (χ4n) is 2.72. The highest BCUT2D eigenvalue weighted by atomic mass is 15.4. The van der Waals surface area contributed by atoms with Crippen LogP contribution in [0.1, 0.15) is 32.8 Å². The van der Waals surface area contributed by atoms with E-state index in [1.807, 2.05) is 25.3 Å². The summed E-state index contributed by atoms with van der Waals surface area (Å²) in [4.78, 5) is 0. The van der Waals surface area contributed by atoms with Gasteiger partial charge in [0.2, 0.25) is 0 Å². The van der Waals surface area contributed by atoms with Gasteiger partial charge in [-0.2, -0.15) is 5.10 Å². The van der Waals surface area contributed by atoms with Gasteiger partial charge in [-0.15, -0.1) is 0 Å². The molecule has 3 heteroatoms. The largest absolute Gasteiger partial charge is 0.363 e. The number of hydrogen-bond acceptors (Lipinski definition) is 2. The van der Waals surface area contributed by atoms with Gasteiger partial charge in [-0.3, -0.25) is 0 Å². The lowest BCUT2D eigenvalue weighted by Crippen LogP contribution is -2.42. The summed E-state index contributed by atoms with van der Waals surface area (Å²) in [5, 5.41) is 8.09. The number of hydrogen-bond donors (Lipinski definition) is 1. The Kier molecular flexibility index (Phi) is 3.71. The summed E-state index contributed by atoms with van der Waals surface area (Å²) >= 11 is 0. The maximum atomic E-state index is 4.52. The Hall–Kier alpha value is -2.03. The summed E-state index contributed by atoms with van der Waals surface area (Å²) in [7, 11) is 0. The zero-order valence-corrected chi connectivity index (χ0v) is 12.6. The van der Waals surface area contributed by atoms with Crippen molar-refractivity contribution in [1.29, 1.82) is 0 Å². The van der Waals surface area contributed by atoms with Gasteiger partial charge in [0.15, 0.2) is 0 Å². The molecule has 0 bridgehead atoms. The Labute approximate surface area is 121 Å². The Morgan fingerprint density at radius 1 is 1.50 bits per heavy atom. The molecular weight excluding hydrogens is 246 g/mol. The van der Waals surface area contributed by atoms with Crippen molar-refractivity contribution < 1.29 is 0 Å². The van der Waals surface area contributed by atoms with Crippen LogP contribution in [0.5, 0.6) is 0 Å². The van der Waals surface area contributed by atoms with E-state index in [9.17, 15) is 0 Å². The van der Waals surface area contributed by atoms with E-state index in [4.69, 9.17) is 0 Å². The van der Waals surface area contributed by atoms with Gasteiger partial charge in [-0.1, -0.05) is 38.0 Å². The standard InChI is InChI=1S/C17H23N3/c1-7-9-13(8-2)15-10-17(5,6)20-16(19-15)14(11-18-20)12(3)4/h7-9,11,15,19H,1-3,10H2,4-6H3/b13-9+. The zero-order chi connectivity index (χ0) is 14.9. The first-order valence-corrected chi connectivity index (χ1v) is 6.86. The van der Waals surface area contributed by atoms with E-state index in [1.54, 1.807) is 6.08 Å². The van der Waals surface area contributed by atoms with Gasteiger partial charge in [-0.05, 0) is 38.3 Å². The quantitative estimate of drug-likeness (QED) is 0.833. The van der Waals surface area contributed by atoms with Gasteiger partial charge in [0.25, 0.3) is 0 Å². The van der Waals surface area contributed by atoms with Crippen molar-refractivity contribution in [3.63, 3.8) is 0 Å². The lowest BCUT2D eigenvalue weighted by molar-refractivity contribution is 0.273. The van der Waals surface area contributed by atoms with Gasteiger partial charge >= 0.3 is 0 Å². The lowest BCUT2D eigenvalue weighted by Gasteiger charge is -2.38. The predicted octanol–water partition coefficient (Wildman–Crippen LogP) is 4.13. The van der Waals surface area contributed by atoms with E-state index in [1.165, 1.54) is 0 Å². The molecule has 0 aromatic carbocycles. The summed E-state index contributed by atoms with van der Waals surface area (Å²) in [5.74, 6) is 1.04. The molecule has 0 saturated carbocycles. The third kappa shape index (κ3) is 2.36. The smallest absolute Gasteiger partial charge is 0.132 e. The molecule has 1 N–H and O–H groups in total. The molecule has 0 saturated heterocycles. The minimum absolute atomic E-state index is 0.0534. The molecule has 0 spiro atoms. The van der Waals surface area contributed by atoms with Crippen molar-refractivity contribution >= 4 is 11.4 Å². The predicted molar refractivity (Wildman–Crippen MR) is 86.8 cm³/mol. The molecule has 0 amide bonds. The number of fused-ring (bicyclic) bond motifs is 1. The van der Waals surface area contributed by atoms with Gasteiger partial charge in [0.1, 0.15) is 5.82 Å². The minimum Gasteiger partial charge on any atom is -0.363 e. The van der Waals surface area contributed by atoms with Crippen LogP contribution in [0.3, 0.4) is 0 Å². The van der Waals surface area contributed by atoms with E-state index in [-0.39, 0.29) is 11.6 Å². The van der Waals surface area contributed by atoms with Gasteiger partial charge in [0.05, 0.1) is 17.8 Å². The number of nitrogens with one attached hydrogen (secondary N) is 1. The molecule has 1 aromatic heterocycles. The van der Waals surface area contributed by atoms with Crippen LogP contribution in [0.15, 0.2) is 49.7 Å². The Morgan fingerprint density at radius 3 is 2.75 bits per heavy atom. The highest BCUT2D eigenvalue weighted by Gasteiger charge is 2.35. The highest BCUT2D eigenvalue weighted by Crippen LogP contribution is 2.37. The summed E-state index contributed by atoms with van der Waals surface area (Å²) in [6, 6.07) is 0.211. The molecular formula is C17H23N3. The maximum absolute atomic E-state index is 4.52. The molecule has 1 aromatic rings. The minimum atomic E-state index is -0.0534. The Morgan fingerprint density at radius 2 is 2.20 bits per heavy atom. The van der Waals surface area contributed by atoms with E-state index in [0.717, 1.165) is 28.9 Å². The molecule has 106 valence electrons. The fourth-order valence-corrected chi connectivity index (χ4v) is 2.72. The van der Waals surface area contributed by atoms with Crippen LogP contribution in [0, 0.1) is 0 Å². The number of aromatic nitrogens is 2. The summed E-state index contributed by atoms with van der Waals surface area (Å²) in [6.45, 7) is 18.1. The van der Waals surface area contributed by atoms with Crippen LogP contribution in [-0.2, 0) is 5.54 Å². The van der Waals surface area contributed by atoms with Crippen molar-refractivity contribution in [3.05, 3.63) is 55.3 Å². The average molecular weight is 269 g/mol. The molecule has 1 atom stereocenters. The Bertz CT molecular complexity index is 587. The first-order chi connectivity index (χ1) is 9.40. The SMILES string of the molecule is C=C/C=C(\C=C)C1CC(C)(C)n2ncc(C(=C)C)c2N1. The van der Waals surface area contributed by atoms with Crippen LogP contribution in [-0.4, -0.2) is 15.8 Å². The molecule has 2 rings (SSSR count). The molecule has 1 unspecified atom stereocenters. The Balaban J connectivity index is 2.49. The van der Waals surface area contributed by atoms with E-state index >= 15 is 0 Å². The zero-order valence-electron chi connectivity index (χ0n) is 12.6. The average Bonchev–Trinajstić information content (AvgIpc) is 2.80. The normalized spacial score (nSPS) is 20.8. The van der Waals surface area contributed by atoms with Crippen LogP contribution in [0.2, 0.25) is 0 Å². The molecule has 2 heterocycles. The lowest BCUT2D eigenvalue weighted by atomic mass is 9.88. The van der Waals surface area contributed by atoms with Crippen LogP contribution >= 0.6 is 0 Å². The topological polar surface area (TPSA) is 29.9 Å². The third-order valence-electron chi connectivity index (χ3n) is 3.77. The second-order valence-corrected chi connectivity index (χ2v) is 5.92. The van der Waals surface area contributed by atoms with Gasteiger partial charge < -0.3 is 5.32 Å². The van der Waals surface area contributed by atoms with Gasteiger partial charge in [0, 0.05) is 5.56 Å². The number of allylic oxidation sites excluding steroid dienone is 3. The highest BCUT2D eigenvalue weighted by molar-refractivity contribution is 5.72. The van der Waals surface area contributed by atoms with Crippen molar-refractivity contribution in [1.82, 2.24) is 9.78 Å². The second-order valence-electron chi connectivity index (χ2n) is 5.92. The molecule has 20 heavy (non-hydrogen) atoms. The maximum Gasteiger partial charge on any atom is 0.132 e. The van der Waals surface area contributed by atoms with Crippen LogP contribution < -0.4 is 5.32 Å². The molecule has 0 aliphatic carbocycles. The van der Waals surface area contributed by atoms with E-state index in [0.29, 0.717) is 0 Å². The molecule has 0 fully saturated rings. The van der Waals surface area contributed by atoms with Crippen molar-refractivity contribution in [2.24, 2.45) is 0 Å². The van der Waals surface area contributed by atoms with Crippen LogP contribution in [0.25, 0.3) is 5.57 Å². The fraction of sp³-hybridized carbons (Fsp3) is 0.353. The van der Waals surface area contributed by atoms with Crippen molar-refractivity contribution in [3.8, 4) is 0 Å². The van der Waals surface area contributed by atoms with E-state index < -0.39 is 0 Å². The van der Waals surface area contributed by atoms with Crippen molar-refractivity contribution in [2.75, 3.05) is 5.32 Å². The number of rotatable bonds is 4. The first-order valence-electron chi connectivity index (χ1n) is 6.86. The van der Waals surface area contributed by atoms with E-state index in [2.05, 4.69) is 48.7 Å². The third-order valence-corrected chi connectivity index (χ3v) is 3.77. The summed E-state index contributed by atoms with van der Waals surface area (Å²) in [5.41, 5.74) is 3.18. The van der Waals surface area contributed by atoms with Crippen molar-refractivity contribution in [2.45, 2.75) is 38.8 Å². The molecule has 1 aliphatic rings. The second kappa shape index (κ2) is 5.16. The summed E-state index contributed by atoms with van der Waals surface area (Å²) < 4.78 is 2.06. The first kappa shape index (κ1) is 14.4. The molecule has 3 nitrogen and oxygen atoms in total. The van der Waals surface area contributed by atoms with Crippen LogP contribution in [0.4, 0.5) is 5.82 Å². The number of anilines is 1. The molecule has 1 aliphatic heterocycles.